The molecule has 0 amide bonds. The number of aliphatic hydroxyl groups is 1. The number of aliphatic carboxylic acids is 1. The van der Waals surface area contributed by atoms with E-state index in [0.717, 1.165) is 53.9 Å². The van der Waals surface area contributed by atoms with Gasteiger partial charge in [-0.3, -0.25) is 4.79 Å². The lowest BCUT2D eigenvalue weighted by Gasteiger charge is -2.36. The Hall–Kier alpha value is -3.88. The van der Waals surface area contributed by atoms with Gasteiger partial charge >= 0.3 is 18.3 Å². The Bertz CT molecular complexity index is 1520. The molecule has 2 heterocycles. The van der Waals surface area contributed by atoms with Gasteiger partial charge < -0.3 is 20.0 Å². The van der Waals surface area contributed by atoms with Crippen LogP contribution in [0.25, 0.3) is 0 Å². The molecule has 2 N–H and O–H groups in total. The monoisotopic (exact) mass is 684 g/mol. The molecule has 3 aromatic rings. The Morgan fingerprint density at radius 2 is 1.56 bits per heavy atom. The summed E-state index contributed by atoms with van der Waals surface area (Å²) in [5, 5.41) is 29.4. The fourth-order valence-electron chi connectivity index (χ4n) is 6.85. The molecular weight excluding hydrogens is 642 g/mol. The van der Waals surface area contributed by atoms with Crippen LogP contribution in [-0.4, -0.2) is 56.1 Å². The van der Waals surface area contributed by atoms with Gasteiger partial charge in [0.15, 0.2) is 0 Å². The molecule has 1 saturated carbocycles. The van der Waals surface area contributed by atoms with Crippen molar-refractivity contribution in [3.8, 4) is 0 Å². The zero-order valence-corrected chi connectivity index (χ0v) is 27.4. The van der Waals surface area contributed by atoms with Gasteiger partial charge in [0.1, 0.15) is 0 Å². The lowest BCUT2D eigenvalue weighted by molar-refractivity contribution is -0.144. The smallest absolute Gasteiger partial charge is 0.416 e. The molecule has 1 aliphatic heterocycles. The summed E-state index contributed by atoms with van der Waals surface area (Å²) in [6, 6.07) is 5.23. The van der Waals surface area contributed by atoms with E-state index in [2.05, 4.69) is 26.4 Å². The van der Waals surface area contributed by atoms with Crippen molar-refractivity contribution in [1.82, 2.24) is 20.2 Å². The van der Waals surface area contributed by atoms with Crippen molar-refractivity contribution >= 4 is 17.6 Å². The highest BCUT2D eigenvalue weighted by Crippen LogP contribution is 2.43. The fraction of sp³-hybridized carbons (Fsp3) is 0.576. The highest BCUT2D eigenvalue weighted by atomic mass is 19.4. The highest BCUT2D eigenvalue weighted by molar-refractivity contribution is 5.70. The van der Waals surface area contributed by atoms with Crippen molar-refractivity contribution in [3.63, 3.8) is 0 Å². The number of carbonyl (C=O) groups is 1. The maximum Gasteiger partial charge on any atom is 0.416 e. The molecule has 0 saturated heterocycles. The van der Waals surface area contributed by atoms with E-state index in [0.29, 0.717) is 38.1 Å². The molecule has 5 rings (SSSR count). The van der Waals surface area contributed by atoms with Gasteiger partial charge in [-0.25, -0.2) is 0 Å². The molecule has 1 atom stereocenters. The molecule has 0 spiro atoms. The number of rotatable bonds is 7. The molecule has 0 radical (unpaired) electrons. The van der Waals surface area contributed by atoms with Crippen LogP contribution in [0.2, 0.25) is 0 Å². The molecule has 2 aromatic carbocycles. The number of alkyl halides is 6. The normalized spacial score (nSPS) is 20.0. The largest absolute Gasteiger partial charge is 0.481 e. The maximum atomic E-state index is 13.7. The van der Waals surface area contributed by atoms with Crippen LogP contribution in [0.1, 0.15) is 84.9 Å². The van der Waals surface area contributed by atoms with E-state index in [1.807, 2.05) is 19.9 Å². The number of aryl methyl sites for hydroxylation is 3. The number of hydrogen-bond acceptors (Lipinski definition) is 7. The number of aromatic nitrogens is 4. The number of anilines is 2. The average molecular weight is 685 g/mol. The fourth-order valence-corrected chi connectivity index (χ4v) is 6.85. The van der Waals surface area contributed by atoms with E-state index in [1.54, 1.807) is 11.8 Å². The summed E-state index contributed by atoms with van der Waals surface area (Å²) in [4.78, 5) is 16.6. The van der Waals surface area contributed by atoms with Crippen molar-refractivity contribution in [1.29, 1.82) is 0 Å². The first-order valence-corrected chi connectivity index (χ1v) is 16.0. The predicted octanol–water partition coefficient (Wildman–Crippen LogP) is 7.10. The third-order valence-corrected chi connectivity index (χ3v) is 8.86. The second kappa shape index (κ2) is 15.1. The Balaban J connectivity index is 0.00000167. The molecule has 2 aliphatic rings. The van der Waals surface area contributed by atoms with E-state index in [1.165, 1.54) is 11.8 Å². The van der Waals surface area contributed by atoms with Gasteiger partial charge in [-0.1, -0.05) is 22.8 Å². The van der Waals surface area contributed by atoms with Crippen LogP contribution < -0.4 is 9.80 Å². The topological polar surface area (TPSA) is 108 Å². The first-order chi connectivity index (χ1) is 22.5. The summed E-state index contributed by atoms with van der Waals surface area (Å²) in [5.41, 5.74) is 0.892. The number of carboxylic acids is 1. The molecule has 1 fully saturated rings. The molecular formula is C33H42F6N6O3. The first-order valence-electron chi connectivity index (χ1n) is 16.0. The van der Waals surface area contributed by atoms with Gasteiger partial charge in [-0.15, -0.1) is 5.10 Å². The maximum absolute atomic E-state index is 13.7. The van der Waals surface area contributed by atoms with Gasteiger partial charge in [0.25, 0.3) is 5.95 Å². The van der Waals surface area contributed by atoms with Crippen LogP contribution >= 0.6 is 0 Å². The van der Waals surface area contributed by atoms with Crippen LogP contribution in [0.15, 0.2) is 30.3 Å². The van der Waals surface area contributed by atoms with Crippen molar-refractivity contribution in [2.75, 3.05) is 29.5 Å². The van der Waals surface area contributed by atoms with Crippen molar-refractivity contribution < 1.29 is 41.4 Å². The second-order valence-electron chi connectivity index (χ2n) is 12.6. The third-order valence-electron chi connectivity index (χ3n) is 8.86. The van der Waals surface area contributed by atoms with Crippen molar-refractivity contribution in [3.05, 3.63) is 63.7 Å². The lowest BCUT2D eigenvalue weighted by atomic mass is 9.81. The van der Waals surface area contributed by atoms with E-state index in [-0.39, 0.29) is 36.6 Å². The zero-order valence-electron chi connectivity index (χ0n) is 27.4. The number of fused-ring (bicyclic) bond motifs is 1. The number of nitrogens with zero attached hydrogens (tertiary/aromatic N) is 6. The number of tetrazole rings is 1. The van der Waals surface area contributed by atoms with Crippen LogP contribution in [-0.2, 0) is 30.7 Å². The second-order valence-corrected chi connectivity index (χ2v) is 12.6. The van der Waals surface area contributed by atoms with Gasteiger partial charge in [0, 0.05) is 31.9 Å². The molecule has 264 valence electrons. The quantitative estimate of drug-likeness (QED) is 0.254. The van der Waals surface area contributed by atoms with E-state index < -0.39 is 35.5 Å². The van der Waals surface area contributed by atoms with E-state index in [9.17, 15) is 36.2 Å². The van der Waals surface area contributed by atoms with Gasteiger partial charge in [-0.05, 0) is 105 Å². The Kier molecular flexibility index (Phi) is 11.6. The van der Waals surface area contributed by atoms with E-state index in [4.69, 9.17) is 5.11 Å². The SMILES string of the molecule is CCO.Cc1cc(C)c2c(c1)[C@@H](N(Cc1cc(C(F)(F)F)cc(C(F)(F)F)c1)c1nnn(C)n1)CCCN2CC1CCC(C(=O)O)CC1. The van der Waals surface area contributed by atoms with Gasteiger partial charge in [0.2, 0.25) is 0 Å². The Labute approximate surface area is 275 Å². The Morgan fingerprint density at radius 1 is 0.958 bits per heavy atom. The molecule has 0 unspecified atom stereocenters. The summed E-state index contributed by atoms with van der Waals surface area (Å²) in [6.45, 7) is 6.97. The number of aliphatic hydroxyl groups excluding tert-OH is 1. The van der Waals surface area contributed by atoms with Crippen LogP contribution in [0.3, 0.4) is 0 Å². The minimum Gasteiger partial charge on any atom is -0.481 e. The van der Waals surface area contributed by atoms with Crippen molar-refractivity contribution in [2.24, 2.45) is 18.9 Å². The third kappa shape index (κ3) is 8.97. The average Bonchev–Trinajstić information content (AvgIpc) is 3.34. The van der Waals surface area contributed by atoms with Gasteiger partial charge in [0.05, 0.1) is 30.1 Å². The zero-order chi connectivity index (χ0) is 35.4. The number of halogens is 6. The van der Waals surface area contributed by atoms with Crippen LogP contribution in [0.5, 0.6) is 0 Å². The number of carboxylic acid groups (broad SMARTS) is 1. The summed E-state index contributed by atoms with van der Waals surface area (Å²) in [7, 11) is 1.54. The first kappa shape index (κ1) is 36.9. The minimum absolute atomic E-state index is 0.0963. The van der Waals surface area contributed by atoms with Gasteiger partial charge in [-0.2, -0.15) is 31.1 Å². The van der Waals surface area contributed by atoms with Crippen LogP contribution in [0, 0.1) is 25.7 Å². The van der Waals surface area contributed by atoms with Crippen LogP contribution in [0.4, 0.5) is 38.0 Å². The summed E-state index contributed by atoms with van der Waals surface area (Å²) < 4.78 is 82.4. The highest BCUT2D eigenvalue weighted by Gasteiger charge is 2.38. The summed E-state index contributed by atoms with van der Waals surface area (Å²) in [6.07, 6.45) is -5.87. The molecule has 48 heavy (non-hydrogen) atoms. The number of hydrogen-bond donors (Lipinski definition) is 2. The molecule has 1 aliphatic carbocycles. The molecule has 0 bridgehead atoms. The Morgan fingerprint density at radius 3 is 2.08 bits per heavy atom. The standard InChI is InChI=1S/C31H36F6N6O2.C2H6O/c1-18-11-19(2)27-25(12-18)26(5-4-10-42(27)16-20-6-8-22(9-7-20)28(44)45)43(29-38-40-41(3)39-29)17-21-13-23(30(32,33)34)15-24(14-21)31(35,36)37;1-2-3/h11-15,20,22,26H,4-10,16-17H2,1-3H3,(H,44,45);3H,2H2,1H3/t20?,22?,26-;/m0./s1. The molecule has 9 nitrogen and oxygen atoms in total. The lowest BCUT2D eigenvalue weighted by Crippen LogP contribution is -2.34. The molecule has 1 aromatic heterocycles. The number of benzene rings is 2. The van der Waals surface area contributed by atoms with E-state index >= 15 is 0 Å². The minimum atomic E-state index is -4.97. The predicted molar refractivity (Wildman–Crippen MR) is 167 cm³/mol. The summed E-state index contributed by atoms with van der Waals surface area (Å²) in [5.74, 6) is -0.690. The van der Waals surface area contributed by atoms with Crippen molar-refractivity contribution in [2.45, 2.75) is 84.2 Å². The molecule has 15 heteroatoms. The summed E-state index contributed by atoms with van der Waals surface area (Å²) >= 11 is 0.